The fourth-order valence-electron chi connectivity index (χ4n) is 4.06. The number of ether oxygens (including phenoxy) is 1. The monoisotopic (exact) mass is 351 g/mol. The minimum atomic E-state index is -0.257. The topological polar surface area (TPSA) is 29.5 Å². The molecule has 2 aliphatic rings. The average molecular weight is 351 g/mol. The first-order valence-electron chi connectivity index (χ1n) is 9.08. The molecule has 4 rings (SSSR count). The standard InChI is InChI=1S/C22H22FNO2/c1-15-20(8-5-9-21(15)23)17-12-18-10-11-19(13-17)24(18)22(25)26-14-16-6-3-2-4-7-16/h2-9,12,18-19H,10-11,13-14H2,1H3. The number of carbonyl (C=O) groups is 1. The van der Waals surface area contributed by atoms with E-state index in [9.17, 15) is 9.18 Å². The Bertz CT molecular complexity index is 846. The van der Waals surface area contributed by atoms with Gasteiger partial charge in [0, 0.05) is 6.04 Å². The summed E-state index contributed by atoms with van der Waals surface area (Å²) in [4.78, 5) is 14.5. The van der Waals surface area contributed by atoms with E-state index in [0.717, 1.165) is 36.0 Å². The van der Waals surface area contributed by atoms with Gasteiger partial charge in [0.2, 0.25) is 0 Å². The normalized spacial score (nSPS) is 21.5. The van der Waals surface area contributed by atoms with Crippen molar-refractivity contribution in [1.29, 1.82) is 0 Å². The van der Waals surface area contributed by atoms with E-state index in [2.05, 4.69) is 6.08 Å². The zero-order valence-corrected chi connectivity index (χ0v) is 14.8. The Morgan fingerprint density at radius 1 is 1.15 bits per heavy atom. The molecule has 1 saturated heterocycles. The number of fused-ring (bicyclic) bond motifs is 2. The second-order valence-electron chi connectivity index (χ2n) is 7.05. The molecule has 2 atom stereocenters. The van der Waals surface area contributed by atoms with Crippen molar-refractivity contribution in [3.63, 3.8) is 0 Å². The van der Waals surface area contributed by atoms with Crippen LogP contribution in [0.25, 0.3) is 5.57 Å². The van der Waals surface area contributed by atoms with Crippen molar-refractivity contribution in [3.8, 4) is 0 Å². The summed E-state index contributed by atoms with van der Waals surface area (Å²) in [5.74, 6) is -0.180. The van der Waals surface area contributed by atoms with Crippen LogP contribution in [0.3, 0.4) is 0 Å². The highest BCUT2D eigenvalue weighted by atomic mass is 19.1. The minimum Gasteiger partial charge on any atom is -0.445 e. The average Bonchev–Trinajstić information content (AvgIpc) is 2.93. The largest absolute Gasteiger partial charge is 0.445 e. The van der Waals surface area contributed by atoms with E-state index in [1.165, 1.54) is 6.07 Å². The lowest BCUT2D eigenvalue weighted by Gasteiger charge is -2.33. The van der Waals surface area contributed by atoms with Crippen LogP contribution in [-0.2, 0) is 11.3 Å². The SMILES string of the molecule is Cc1c(F)cccc1C1=CC2CCC(C1)N2C(=O)OCc1ccccc1. The van der Waals surface area contributed by atoms with E-state index < -0.39 is 0 Å². The predicted octanol–water partition coefficient (Wildman–Crippen LogP) is 5.09. The van der Waals surface area contributed by atoms with Crippen molar-refractivity contribution >= 4 is 11.7 Å². The van der Waals surface area contributed by atoms with Gasteiger partial charge in [0.05, 0.1) is 6.04 Å². The lowest BCUT2D eigenvalue weighted by Crippen LogP contribution is -2.43. The van der Waals surface area contributed by atoms with Gasteiger partial charge < -0.3 is 4.74 Å². The molecular weight excluding hydrogens is 329 g/mol. The molecule has 0 aromatic heterocycles. The molecule has 0 N–H and O–H groups in total. The van der Waals surface area contributed by atoms with Crippen LogP contribution in [-0.4, -0.2) is 23.1 Å². The van der Waals surface area contributed by atoms with Crippen LogP contribution in [0.1, 0.15) is 36.0 Å². The summed E-state index contributed by atoms with van der Waals surface area (Å²) in [7, 11) is 0. The highest BCUT2D eigenvalue weighted by Crippen LogP contribution is 2.39. The summed E-state index contributed by atoms with van der Waals surface area (Å²) in [5, 5.41) is 0. The fourth-order valence-corrected chi connectivity index (χ4v) is 4.06. The second kappa shape index (κ2) is 6.94. The van der Waals surface area contributed by atoms with E-state index >= 15 is 0 Å². The molecule has 134 valence electrons. The number of halogens is 1. The lowest BCUT2D eigenvalue weighted by atomic mass is 9.92. The van der Waals surface area contributed by atoms with Crippen LogP contribution in [0, 0.1) is 12.7 Å². The summed E-state index contributed by atoms with van der Waals surface area (Å²) in [6, 6.07) is 15.1. The molecule has 0 spiro atoms. The van der Waals surface area contributed by atoms with Gasteiger partial charge in [0.25, 0.3) is 0 Å². The number of nitrogens with zero attached hydrogens (tertiary/aromatic N) is 1. The Balaban J connectivity index is 1.50. The Labute approximate surface area is 153 Å². The quantitative estimate of drug-likeness (QED) is 0.771. The molecular formula is C22H22FNO2. The van der Waals surface area contributed by atoms with Crippen molar-refractivity contribution in [1.82, 2.24) is 4.90 Å². The van der Waals surface area contributed by atoms with E-state index in [1.807, 2.05) is 48.2 Å². The summed E-state index contributed by atoms with van der Waals surface area (Å²) < 4.78 is 19.4. The lowest BCUT2D eigenvalue weighted by molar-refractivity contribution is 0.0832. The number of hydrogen-bond acceptors (Lipinski definition) is 2. The molecule has 0 aliphatic carbocycles. The number of benzene rings is 2. The van der Waals surface area contributed by atoms with Crippen LogP contribution in [0.15, 0.2) is 54.6 Å². The van der Waals surface area contributed by atoms with Gasteiger partial charge >= 0.3 is 6.09 Å². The molecule has 0 radical (unpaired) electrons. The van der Waals surface area contributed by atoms with E-state index in [-0.39, 0.29) is 30.6 Å². The van der Waals surface area contributed by atoms with E-state index in [4.69, 9.17) is 4.74 Å². The van der Waals surface area contributed by atoms with Crippen LogP contribution in [0.4, 0.5) is 9.18 Å². The Morgan fingerprint density at radius 3 is 2.73 bits per heavy atom. The third-order valence-electron chi connectivity index (χ3n) is 5.43. The first kappa shape index (κ1) is 16.8. The molecule has 2 heterocycles. The third-order valence-corrected chi connectivity index (χ3v) is 5.43. The molecule has 26 heavy (non-hydrogen) atoms. The van der Waals surface area contributed by atoms with Crippen molar-refractivity contribution in [2.24, 2.45) is 0 Å². The van der Waals surface area contributed by atoms with Gasteiger partial charge in [0.15, 0.2) is 0 Å². The summed E-state index contributed by atoms with van der Waals surface area (Å²) in [6.45, 7) is 2.10. The van der Waals surface area contributed by atoms with Gasteiger partial charge in [-0.2, -0.15) is 0 Å². The highest BCUT2D eigenvalue weighted by Gasteiger charge is 2.40. The molecule has 2 bridgehead atoms. The zero-order valence-electron chi connectivity index (χ0n) is 14.8. The van der Waals surface area contributed by atoms with Gasteiger partial charge in [-0.1, -0.05) is 48.5 Å². The van der Waals surface area contributed by atoms with Crippen LogP contribution in [0.2, 0.25) is 0 Å². The Hall–Kier alpha value is -2.62. The summed E-state index contributed by atoms with van der Waals surface area (Å²) in [6.07, 6.45) is 4.51. The molecule has 3 nitrogen and oxygen atoms in total. The molecule has 0 saturated carbocycles. The van der Waals surface area contributed by atoms with Crippen molar-refractivity contribution in [2.75, 3.05) is 0 Å². The molecule has 4 heteroatoms. The van der Waals surface area contributed by atoms with E-state index in [1.54, 1.807) is 6.07 Å². The van der Waals surface area contributed by atoms with Gasteiger partial charge in [-0.25, -0.2) is 9.18 Å². The van der Waals surface area contributed by atoms with Crippen molar-refractivity contribution in [2.45, 2.75) is 44.9 Å². The van der Waals surface area contributed by atoms with Crippen molar-refractivity contribution in [3.05, 3.63) is 77.1 Å². The zero-order chi connectivity index (χ0) is 18.1. The maximum absolute atomic E-state index is 13.9. The molecule has 1 fully saturated rings. The second-order valence-corrected chi connectivity index (χ2v) is 7.05. The summed E-state index contributed by atoms with van der Waals surface area (Å²) >= 11 is 0. The smallest absolute Gasteiger partial charge is 0.410 e. The number of hydrogen-bond donors (Lipinski definition) is 0. The van der Waals surface area contributed by atoms with Crippen LogP contribution < -0.4 is 0 Å². The predicted molar refractivity (Wildman–Crippen MR) is 99.0 cm³/mol. The van der Waals surface area contributed by atoms with Crippen LogP contribution >= 0.6 is 0 Å². The highest BCUT2D eigenvalue weighted by molar-refractivity contribution is 5.76. The van der Waals surface area contributed by atoms with Crippen LogP contribution in [0.5, 0.6) is 0 Å². The first-order chi connectivity index (χ1) is 12.6. The fraction of sp³-hybridized carbons (Fsp3) is 0.318. The molecule has 2 aromatic rings. The minimum absolute atomic E-state index is 0.0368. The maximum atomic E-state index is 13.9. The Morgan fingerprint density at radius 2 is 1.96 bits per heavy atom. The first-order valence-corrected chi connectivity index (χ1v) is 9.08. The van der Waals surface area contributed by atoms with Gasteiger partial charge in [-0.3, -0.25) is 4.90 Å². The van der Waals surface area contributed by atoms with Crippen molar-refractivity contribution < 1.29 is 13.9 Å². The number of amides is 1. The molecule has 1 amide bonds. The molecule has 2 aromatic carbocycles. The number of rotatable bonds is 3. The Kier molecular flexibility index (Phi) is 4.49. The molecule has 2 aliphatic heterocycles. The third kappa shape index (κ3) is 3.12. The van der Waals surface area contributed by atoms with E-state index in [0.29, 0.717) is 5.56 Å². The summed E-state index contributed by atoms with van der Waals surface area (Å²) in [5.41, 5.74) is 3.76. The number of carbonyl (C=O) groups excluding carboxylic acids is 1. The maximum Gasteiger partial charge on any atom is 0.410 e. The van der Waals surface area contributed by atoms with Gasteiger partial charge in [-0.15, -0.1) is 0 Å². The van der Waals surface area contributed by atoms with Gasteiger partial charge in [0.1, 0.15) is 12.4 Å². The molecule has 2 unspecified atom stereocenters. The van der Waals surface area contributed by atoms with Gasteiger partial charge in [-0.05, 0) is 54.5 Å².